The third-order valence-electron chi connectivity index (χ3n) is 3.24. The maximum absolute atomic E-state index is 11.2. The smallest absolute Gasteiger partial charge is 0.311 e. The summed E-state index contributed by atoms with van der Waals surface area (Å²) < 4.78 is 0. The van der Waals surface area contributed by atoms with E-state index in [9.17, 15) is 9.90 Å². The average molecular weight is 185 g/mol. The molecule has 13 heavy (non-hydrogen) atoms. The van der Waals surface area contributed by atoms with Gasteiger partial charge in [-0.3, -0.25) is 4.79 Å². The number of carbonyl (C=O) groups is 1. The van der Waals surface area contributed by atoms with Crippen molar-refractivity contribution < 1.29 is 9.90 Å². The minimum absolute atomic E-state index is 0.110. The van der Waals surface area contributed by atoms with E-state index in [0.29, 0.717) is 5.92 Å². The van der Waals surface area contributed by atoms with Gasteiger partial charge in [-0.1, -0.05) is 20.3 Å². The lowest BCUT2D eigenvalue weighted by atomic mass is 9.61. The monoisotopic (exact) mass is 185 g/mol. The Morgan fingerprint density at radius 2 is 2.00 bits per heavy atom. The zero-order chi connectivity index (χ0) is 10.1. The molecular weight excluding hydrogens is 166 g/mol. The standard InChI is InChI=1S/C10H19NO2/c1-7(2)8(11-3)10(9(12)13)5-4-6-10/h7-8,11H,4-6H2,1-3H3,(H,12,13). The Labute approximate surface area is 79.5 Å². The van der Waals surface area contributed by atoms with Crippen LogP contribution >= 0.6 is 0 Å². The number of carboxylic acid groups (broad SMARTS) is 1. The highest BCUT2D eigenvalue weighted by atomic mass is 16.4. The van der Waals surface area contributed by atoms with Crippen molar-refractivity contribution in [3.8, 4) is 0 Å². The van der Waals surface area contributed by atoms with Crippen LogP contribution in [0.2, 0.25) is 0 Å². The summed E-state index contributed by atoms with van der Waals surface area (Å²) in [5.41, 5.74) is -0.483. The van der Waals surface area contributed by atoms with Gasteiger partial charge in [0.05, 0.1) is 5.41 Å². The molecule has 0 aromatic carbocycles. The first-order valence-corrected chi connectivity index (χ1v) is 4.95. The normalized spacial score (nSPS) is 22.5. The fraction of sp³-hybridized carbons (Fsp3) is 0.900. The van der Waals surface area contributed by atoms with Gasteiger partial charge in [-0.25, -0.2) is 0 Å². The average Bonchev–Trinajstić information content (AvgIpc) is 1.94. The highest BCUT2D eigenvalue weighted by Gasteiger charge is 2.50. The van der Waals surface area contributed by atoms with E-state index >= 15 is 0 Å². The van der Waals surface area contributed by atoms with Crippen molar-refractivity contribution in [2.45, 2.75) is 39.2 Å². The third-order valence-corrected chi connectivity index (χ3v) is 3.24. The third kappa shape index (κ3) is 1.57. The molecule has 1 saturated carbocycles. The molecule has 1 aliphatic carbocycles. The second kappa shape index (κ2) is 3.66. The van der Waals surface area contributed by atoms with Gasteiger partial charge in [-0.05, 0) is 25.8 Å². The molecule has 0 bridgehead atoms. The summed E-state index contributed by atoms with van der Waals surface area (Å²) in [7, 11) is 1.85. The Hall–Kier alpha value is -0.570. The summed E-state index contributed by atoms with van der Waals surface area (Å²) >= 11 is 0. The molecule has 1 rings (SSSR count). The van der Waals surface area contributed by atoms with Gasteiger partial charge in [0.25, 0.3) is 0 Å². The first kappa shape index (κ1) is 10.5. The molecule has 76 valence electrons. The van der Waals surface area contributed by atoms with Crippen LogP contribution in [0.3, 0.4) is 0 Å². The number of rotatable bonds is 4. The van der Waals surface area contributed by atoms with E-state index in [0.717, 1.165) is 19.3 Å². The van der Waals surface area contributed by atoms with Gasteiger partial charge < -0.3 is 10.4 Å². The molecule has 3 heteroatoms. The molecule has 2 N–H and O–H groups in total. The minimum Gasteiger partial charge on any atom is -0.481 e. The largest absolute Gasteiger partial charge is 0.481 e. The first-order chi connectivity index (χ1) is 6.04. The zero-order valence-corrected chi connectivity index (χ0v) is 8.63. The van der Waals surface area contributed by atoms with E-state index in [1.165, 1.54) is 0 Å². The summed E-state index contributed by atoms with van der Waals surface area (Å²) in [6, 6.07) is 0.110. The summed E-state index contributed by atoms with van der Waals surface area (Å²) in [6.07, 6.45) is 2.70. The molecule has 1 atom stereocenters. The van der Waals surface area contributed by atoms with E-state index in [2.05, 4.69) is 19.2 Å². The molecule has 0 radical (unpaired) electrons. The van der Waals surface area contributed by atoms with E-state index in [4.69, 9.17) is 0 Å². The second-order valence-corrected chi connectivity index (χ2v) is 4.33. The Kier molecular flexibility index (Phi) is 2.96. The molecule has 0 aliphatic heterocycles. The number of hydrogen-bond acceptors (Lipinski definition) is 2. The highest BCUT2D eigenvalue weighted by molar-refractivity contribution is 5.76. The molecule has 0 aromatic heterocycles. The Morgan fingerprint density at radius 1 is 1.46 bits per heavy atom. The van der Waals surface area contributed by atoms with Crippen molar-refractivity contribution in [3.05, 3.63) is 0 Å². The van der Waals surface area contributed by atoms with Crippen LogP contribution in [-0.4, -0.2) is 24.2 Å². The van der Waals surface area contributed by atoms with Crippen molar-refractivity contribution in [3.63, 3.8) is 0 Å². The van der Waals surface area contributed by atoms with Crippen LogP contribution in [0.25, 0.3) is 0 Å². The van der Waals surface area contributed by atoms with E-state index in [1.54, 1.807) is 0 Å². The molecule has 0 spiro atoms. The number of carboxylic acids is 1. The second-order valence-electron chi connectivity index (χ2n) is 4.33. The molecule has 0 saturated heterocycles. The maximum Gasteiger partial charge on any atom is 0.311 e. The lowest BCUT2D eigenvalue weighted by molar-refractivity contribution is -0.158. The Balaban J connectivity index is 2.79. The minimum atomic E-state index is -0.633. The van der Waals surface area contributed by atoms with Gasteiger partial charge in [0, 0.05) is 6.04 Å². The van der Waals surface area contributed by atoms with Crippen LogP contribution in [0.15, 0.2) is 0 Å². The number of aliphatic carboxylic acids is 1. The lowest BCUT2D eigenvalue weighted by Crippen LogP contribution is -2.55. The maximum atomic E-state index is 11.2. The summed E-state index contributed by atoms with van der Waals surface area (Å²) in [5, 5.41) is 12.3. The van der Waals surface area contributed by atoms with E-state index in [1.807, 2.05) is 7.05 Å². The summed E-state index contributed by atoms with van der Waals surface area (Å²) in [5.74, 6) is -0.256. The van der Waals surface area contributed by atoms with Crippen molar-refractivity contribution in [1.82, 2.24) is 5.32 Å². The van der Waals surface area contributed by atoms with E-state index < -0.39 is 11.4 Å². The SMILES string of the molecule is CNC(C(C)C)C1(C(=O)O)CCC1. The molecule has 0 aromatic rings. The zero-order valence-electron chi connectivity index (χ0n) is 8.63. The molecule has 1 fully saturated rings. The molecular formula is C10H19NO2. The fourth-order valence-electron chi connectivity index (χ4n) is 2.46. The molecule has 1 unspecified atom stereocenters. The summed E-state index contributed by atoms with van der Waals surface area (Å²) in [6.45, 7) is 4.15. The first-order valence-electron chi connectivity index (χ1n) is 4.95. The van der Waals surface area contributed by atoms with Gasteiger partial charge >= 0.3 is 5.97 Å². The quantitative estimate of drug-likeness (QED) is 0.697. The van der Waals surface area contributed by atoms with Crippen LogP contribution < -0.4 is 5.32 Å². The Bertz CT molecular complexity index is 197. The Morgan fingerprint density at radius 3 is 2.08 bits per heavy atom. The fourth-order valence-corrected chi connectivity index (χ4v) is 2.46. The molecule has 0 heterocycles. The molecule has 3 nitrogen and oxygen atoms in total. The van der Waals surface area contributed by atoms with Gasteiger partial charge in [0.1, 0.15) is 0 Å². The van der Waals surface area contributed by atoms with Crippen LogP contribution in [0.4, 0.5) is 0 Å². The molecule has 0 amide bonds. The lowest BCUT2D eigenvalue weighted by Gasteiger charge is -2.45. The van der Waals surface area contributed by atoms with Crippen molar-refractivity contribution in [2.24, 2.45) is 11.3 Å². The highest BCUT2D eigenvalue weighted by Crippen LogP contribution is 2.46. The van der Waals surface area contributed by atoms with Crippen molar-refractivity contribution in [2.75, 3.05) is 7.05 Å². The topological polar surface area (TPSA) is 49.3 Å². The van der Waals surface area contributed by atoms with Crippen molar-refractivity contribution >= 4 is 5.97 Å². The van der Waals surface area contributed by atoms with Gasteiger partial charge in [-0.15, -0.1) is 0 Å². The predicted molar refractivity (Wildman–Crippen MR) is 51.6 cm³/mol. The van der Waals surface area contributed by atoms with Crippen LogP contribution in [0, 0.1) is 11.3 Å². The van der Waals surface area contributed by atoms with Gasteiger partial charge in [-0.2, -0.15) is 0 Å². The van der Waals surface area contributed by atoms with Crippen LogP contribution in [0.1, 0.15) is 33.1 Å². The number of nitrogens with one attached hydrogen (secondary N) is 1. The van der Waals surface area contributed by atoms with Crippen molar-refractivity contribution in [1.29, 1.82) is 0 Å². The molecule has 1 aliphatic rings. The number of hydrogen-bond donors (Lipinski definition) is 2. The van der Waals surface area contributed by atoms with Gasteiger partial charge in [0.15, 0.2) is 0 Å². The van der Waals surface area contributed by atoms with Gasteiger partial charge in [0.2, 0.25) is 0 Å². The summed E-state index contributed by atoms with van der Waals surface area (Å²) in [4.78, 5) is 11.2. The predicted octanol–water partition coefficient (Wildman–Crippen LogP) is 1.49. The van der Waals surface area contributed by atoms with Crippen LogP contribution in [0.5, 0.6) is 0 Å². The van der Waals surface area contributed by atoms with Crippen LogP contribution in [-0.2, 0) is 4.79 Å². The van der Waals surface area contributed by atoms with E-state index in [-0.39, 0.29) is 6.04 Å².